The first-order valence-electron chi connectivity index (χ1n) is 6.99. The average molecular weight is 302 g/mol. The van der Waals surface area contributed by atoms with Gasteiger partial charge in [-0.15, -0.1) is 0 Å². The number of ether oxygens (including phenoxy) is 1. The third kappa shape index (κ3) is 3.25. The maximum absolute atomic E-state index is 14.3. The largest absolute Gasteiger partial charge is 0.465 e. The number of nitrogens with zero attached hydrogens (tertiary/aromatic N) is 2. The van der Waals surface area contributed by atoms with E-state index in [1.165, 1.54) is 11.9 Å². The Kier molecular flexibility index (Phi) is 4.64. The van der Waals surface area contributed by atoms with Crippen molar-refractivity contribution in [2.24, 2.45) is 5.92 Å². The summed E-state index contributed by atoms with van der Waals surface area (Å²) in [6.07, 6.45) is -1.63. The highest BCUT2D eigenvalue weighted by Gasteiger charge is 2.39. The number of hydrogen-bond donors (Lipinski definition) is 1. The first-order valence-corrected chi connectivity index (χ1v) is 6.99. The quantitative estimate of drug-likeness (QED) is 0.853. The molecule has 0 aromatic heterocycles. The van der Waals surface area contributed by atoms with Crippen LogP contribution in [0.5, 0.6) is 0 Å². The van der Waals surface area contributed by atoms with E-state index in [9.17, 15) is 18.8 Å². The fraction of sp³-hybridized carbons (Fsp3) is 0.769. The molecule has 0 radical (unpaired) electrons. The second-order valence-corrected chi connectivity index (χ2v) is 5.47. The maximum Gasteiger partial charge on any atom is 0.416 e. The number of alkyl halides is 1. The Balaban J connectivity index is 1.88. The normalized spacial score (nSPS) is 27.1. The summed E-state index contributed by atoms with van der Waals surface area (Å²) < 4.78 is 18.9. The van der Waals surface area contributed by atoms with Crippen LogP contribution < -0.4 is 0 Å². The van der Waals surface area contributed by atoms with E-state index in [1.54, 1.807) is 0 Å². The van der Waals surface area contributed by atoms with Crippen molar-refractivity contribution in [2.45, 2.75) is 37.9 Å². The predicted molar refractivity (Wildman–Crippen MR) is 69.5 cm³/mol. The van der Waals surface area contributed by atoms with Crippen molar-refractivity contribution < 1.29 is 28.6 Å². The topological polar surface area (TPSA) is 87.2 Å². The van der Waals surface area contributed by atoms with Gasteiger partial charge in [-0.25, -0.2) is 18.9 Å². The number of rotatable bonds is 3. The summed E-state index contributed by atoms with van der Waals surface area (Å²) in [5.41, 5.74) is 0. The maximum atomic E-state index is 14.3. The predicted octanol–water partition coefficient (Wildman–Crippen LogP) is 1.47. The molecule has 1 atom stereocenters. The van der Waals surface area contributed by atoms with E-state index < -0.39 is 30.2 Å². The number of hydrogen-bond acceptors (Lipinski definition) is 4. The molecule has 0 bridgehead atoms. The summed E-state index contributed by atoms with van der Waals surface area (Å²) in [7, 11) is 1.49. The van der Waals surface area contributed by atoms with Crippen LogP contribution in [-0.4, -0.2) is 65.4 Å². The number of carbonyl (C=O) groups is 3. The lowest BCUT2D eigenvalue weighted by atomic mass is 9.82. The Bertz CT molecular complexity index is 436. The molecule has 118 valence electrons. The van der Waals surface area contributed by atoms with Crippen LogP contribution in [-0.2, 0) is 9.53 Å². The van der Waals surface area contributed by atoms with Crippen LogP contribution in [0.4, 0.5) is 14.0 Å². The fourth-order valence-corrected chi connectivity index (χ4v) is 2.88. The van der Waals surface area contributed by atoms with Crippen LogP contribution in [0.3, 0.4) is 0 Å². The molecule has 1 heterocycles. The zero-order chi connectivity index (χ0) is 15.6. The monoisotopic (exact) mass is 302 g/mol. The smallest absolute Gasteiger partial charge is 0.416 e. The van der Waals surface area contributed by atoms with E-state index in [1.807, 2.05) is 0 Å². The van der Waals surface area contributed by atoms with Gasteiger partial charge in [0.15, 0.2) is 6.17 Å². The lowest BCUT2D eigenvalue weighted by Gasteiger charge is -2.34. The molecule has 1 aliphatic carbocycles. The third-order valence-corrected chi connectivity index (χ3v) is 4.27. The Morgan fingerprint density at radius 3 is 2.48 bits per heavy atom. The van der Waals surface area contributed by atoms with E-state index in [2.05, 4.69) is 4.74 Å². The number of carbonyl (C=O) groups excluding carboxylic acids is 2. The van der Waals surface area contributed by atoms with Crippen molar-refractivity contribution >= 4 is 18.1 Å². The summed E-state index contributed by atoms with van der Waals surface area (Å²) >= 11 is 0. The molecule has 0 aromatic carbocycles. The molecule has 1 N–H and O–H groups in total. The van der Waals surface area contributed by atoms with Crippen LogP contribution in [0.25, 0.3) is 0 Å². The highest BCUT2D eigenvalue weighted by atomic mass is 19.1. The molecule has 1 aliphatic heterocycles. The molecule has 8 heteroatoms. The zero-order valence-corrected chi connectivity index (χ0v) is 11.8. The molecule has 0 aromatic rings. The van der Waals surface area contributed by atoms with E-state index in [4.69, 9.17) is 5.11 Å². The average Bonchev–Trinajstić information content (AvgIpc) is 2.91. The van der Waals surface area contributed by atoms with E-state index in [0.29, 0.717) is 25.7 Å². The van der Waals surface area contributed by atoms with Gasteiger partial charge in [-0.2, -0.15) is 0 Å². The lowest BCUT2D eigenvalue weighted by molar-refractivity contribution is -0.135. The van der Waals surface area contributed by atoms with E-state index >= 15 is 0 Å². The Morgan fingerprint density at radius 2 is 2.00 bits per heavy atom. The number of cyclic esters (lactones) is 1. The minimum Gasteiger partial charge on any atom is -0.465 e. The molecular weight excluding hydrogens is 283 g/mol. The Morgan fingerprint density at radius 1 is 1.38 bits per heavy atom. The first-order chi connectivity index (χ1) is 9.91. The van der Waals surface area contributed by atoms with Gasteiger partial charge in [-0.1, -0.05) is 0 Å². The molecule has 3 amide bonds. The highest BCUT2D eigenvalue weighted by Crippen LogP contribution is 2.31. The molecule has 0 spiro atoms. The standard InChI is InChI=1S/C13H19FN2O5/c1-15(12(18)19)9-4-2-8(3-5-9)10(14)11(17)16-6-7-21-13(16)20/h8-10H,2-7H2,1H3,(H,18,19). The molecule has 1 unspecified atom stereocenters. The number of halogens is 1. The van der Waals surface area contributed by atoms with E-state index in [0.717, 1.165) is 4.90 Å². The second kappa shape index (κ2) is 6.28. The van der Waals surface area contributed by atoms with Gasteiger partial charge in [0.25, 0.3) is 5.91 Å². The van der Waals surface area contributed by atoms with Crippen molar-refractivity contribution in [2.75, 3.05) is 20.2 Å². The van der Waals surface area contributed by atoms with Gasteiger partial charge < -0.3 is 14.7 Å². The van der Waals surface area contributed by atoms with Gasteiger partial charge >= 0.3 is 12.2 Å². The molecule has 2 fully saturated rings. The Labute approximate surface area is 121 Å². The summed E-state index contributed by atoms with van der Waals surface area (Å²) in [5.74, 6) is -1.31. The minimum absolute atomic E-state index is 0.0924. The SMILES string of the molecule is CN(C(=O)O)C1CCC(C(F)C(=O)N2CCOC2=O)CC1. The molecule has 7 nitrogen and oxygen atoms in total. The van der Waals surface area contributed by atoms with Crippen molar-refractivity contribution in [1.29, 1.82) is 0 Å². The molecule has 1 saturated carbocycles. The van der Waals surface area contributed by atoms with Crippen LogP contribution in [0.1, 0.15) is 25.7 Å². The second-order valence-electron chi connectivity index (χ2n) is 5.47. The Hall–Kier alpha value is -1.86. The third-order valence-electron chi connectivity index (χ3n) is 4.27. The molecule has 1 saturated heterocycles. The summed E-state index contributed by atoms with van der Waals surface area (Å²) in [4.78, 5) is 36.1. The first kappa shape index (κ1) is 15.5. The van der Waals surface area contributed by atoms with Crippen LogP contribution in [0.15, 0.2) is 0 Å². The van der Waals surface area contributed by atoms with Gasteiger partial charge in [0.1, 0.15) is 6.61 Å². The van der Waals surface area contributed by atoms with Crippen molar-refractivity contribution in [3.05, 3.63) is 0 Å². The lowest BCUT2D eigenvalue weighted by Crippen LogP contribution is -2.44. The van der Waals surface area contributed by atoms with Gasteiger partial charge in [-0.3, -0.25) is 4.79 Å². The van der Waals surface area contributed by atoms with Gasteiger partial charge in [0.05, 0.1) is 6.54 Å². The minimum atomic E-state index is -1.73. The zero-order valence-electron chi connectivity index (χ0n) is 11.8. The molecular formula is C13H19FN2O5. The summed E-state index contributed by atoms with van der Waals surface area (Å²) in [6.45, 7) is 0.197. The van der Waals surface area contributed by atoms with Gasteiger partial charge in [0.2, 0.25) is 0 Å². The summed E-state index contributed by atoms with van der Waals surface area (Å²) in [6, 6.07) is -0.141. The molecule has 2 rings (SSSR count). The highest BCUT2D eigenvalue weighted by molar-refractivity contribution is 5.95. The van der Waals surface area contributed by atoms with Crippen LogP contribution >= 0.6 is 0 Å². The van der Waals surface area contributed by atoms with Crippen molar-refractivity contribution in [3.8, 4) is 0 Å². The van der Waals surface area contributed by atoms with Crippen LogP contribution in [0, 0.1) is 5.92 Å². The van der Waals surface area contributed by atoms with Crippen molar-refractivity contribution in [3.63, 3.8) is 0 Å². The number of carboxylic acid groups (broad SMARTS) is 1. The number of amides is 3. The van der Waals surface area contributed by atoms with Gasteiger partial charge in [0, 0.05) is 13.1 Å². The summed E-state index contributed by atoms with van der Waals surface area (Å²) in [5, 5.41) is 8.91. The molecule has 2 aliphatic rings. The number of imide groups is 1. The molecule has 21 heavy (non-hydrogen) atoms. The van der Waals surface area contributed by atoms with Crippen LogP contribution in [0.2, 0.25) is 0 Å². The fourth-order valence-electron chi connectivity index (χ4n) is 2.88. The van der Waals surface area contributed by atoms with E-state index in [-0.39, 0.29) is 19.2 Å². The van der Waals surface area contributed by atoms with Gasteiger partial charge in [-0.05, 0) is 31.6 Å². The van der Waals surface area contributed by atoms with Crippen molar-refractivity contribution in [1.82, 2.24) is 9.80 Å².